The highest BCUT2D eigenvalue weighted by atomic mass is 35.5. The van der Waals surface area contributed by atoms with E-state index in [-0.39, 0.29) is 23.7 Å². The minimum absolute atomic E-state index is 0.0775. The van der Waals surface area contributed by atoms with Gasteiger partial charge in [-0.1, -0.05) is 24.6 Å². The number of anilines is 1. The quantitative estimate of drug-likeness (QED) is 0.390. The Morgan fingerprint density at radius 3 is 2.61 bits per heavy atom. The van der Waals surface area contributed by atoms with Gasteiger partial charge in [0.15, 0.2) is 0 Å². The summed E-state index contributed by atoms with van der Waals surface area (Å²) in [6, 6.07) is 11.7. The van der Waals surface area contributed by atoms with Gasteiger partial charge in [-0.3, -0.25) is 4.79 Å². The SMILES string of the molecule is COC(=O)c1ccc2c(c1)N(C[C@@H]1CC[C@H]1CN(C)C(=O)C[C@@H](C)[C@H](C)S(N)(=O)=O)C[C@@]1(CCCc3cc(Cl)ccc31)CO2. The van der Waals surface area contributed by atoms with Crippen LogP contribution >= 0.6 is 11.6 Å². The van der Waals surface area contributed by atoms with Crippen LogP contribution in [0.5, 0.6) is 5.75 Å². The summed E-state index contributed by atoms with van der Waals surface area (Å²) < 4.78 is 35.1. The van der Waals surface area contributed by atoms with Gasteiger partial charge in [0.2, 0.25) is 15.9 Å². The minimum Gasteiger partial charge on any atom is -0.490 e. The molecule has 5 atom stereocenters. The number of carbonyl (C=O) groups is 2. The molecule has 2 aromatic rings. The van der Waals surface area contributed by atoms with Gasteiger partial charge in [-0.05, 0) is 98.2 Å². The van der Waals surface area contributed by atoms with Crippen LogP contribution in [0.1, 0.15) is 67.4 Å². The molecule has 240 valence electrons. The van der Waals surface area contributed by atoms with E-state index in [2.05, 4.69) is 17.0 Å². The first-order chi connectivity index (χ1) is 20.8. The smallest absolute Gasteiger partial charge is 0.337 e. The number of benzene rings is 2. The molecule has 0 bridgehead atoms. The molecule has 9 nitrogen and oxygen atoms in total. The van der Waals surface area contributed by atoms with E-state index in [9.17, 15) is 18.0 Å². The molecule has 0 aromatic heterocycles. The van der Waals surface area contributed by atoms with Crippen molar-refractivity contribution in [2.24, 2.45) is 22.9 Å². The van der Waals surface area contributed by atoms with Crippen molar-refractivity contribution in [2.75, 3.05) is 45.3 Å². The highest BCUT2D eigenvalue weighted by Gasteiger charge is 2.43. The van der Waals surface area contributed by atoms with E-state index < -0.39 is 21.2 Å². The van der Waals surface area contributed by atoms with E-state index in [0.717, 1.165) is 61.7 Å². The van der Waals surface area contributed by atoms with Gasteiger partial charge in [0.1, 0.15) is 5.75 Å². The number of ether oxygens (including phenoxy) is 2. The lowest BCUT2D eigenvalue weighted by Crippen LogP contribution is -2.49. The number of aryl methyl sites for hydroxylation is 1. The molecule has 1 spiro atoms. The van der Waals surface area contributed by atoms with Crippen LogP contribution in [0.15, 0.2) is 36.4 Å². The van der Waals surface area contributed by atoms with Gasteiger partial charge >= 0.3 is 5.97 Å². The molecule has 0 saturated heterocycles. The van der Waals surface area contributed by atoms with Gasteiger partial charge in [0.05, 0.1) is 30.2 Å². The molecule has 5 rings (SSSR count). The normalized spacial score (nSPS) is 24.2. The zero-order chi connectivity index (χ0) is 31.8. The lowest BCUT2D eigenvalue weighted by Gasteiger charge is -2.45. The fraction of sp³-hybridized carbons (Fsp3) is 0.576. The van der Waals surface area contributed by atoms with Crippen LogP contribution in [-0.2, 0) is 31.4 Å². The Morgan fingerprint density at radius 2 is 1.93 bits per heavy atom. The molecule has 3 aliphatic rings. The number of halogens is 1. The van der Waals surface area contributed by atoms with Crippen LogP contribution in [0.4, 0.5) is 5.69 Å². The number of methoxy groups -OCH3 is 1. The van der Waals surface area contributed by atoms with Crippen molar-refractivity contribution in [1.82, 2.24) is 4.90 Å². The standard InChI is InChI=1S/C33H44ClN3O6S/c1-21(22(2)44(35,40)41)14-31(38)36(3)17-25-7-8-26(25)18-37-19-33(13-5-6-23-15-27(34)10-11-28(23)33)20-43-30-12-9-24(16-29(30)37)32(39)42-4/h9-12,15-16,21-22,25-26H,5-8,13-14,17-20H2,1-4H3,(H2,35,40,41)/t21-,22+,25+,26+,33+/m1/s1. The third-order valence-electron chi connectivity index (χ3n) is 10.2. The highest BCUT2D eigenvalue weighted by molar-refractivity contribution is 7.89. The maximum Gasteiger partial charge on any atom is 0.337 e. The van der Waals surface area contributed by atoms with Gasteiger partial charge in [-0.2, -0.15) is 0 Å². The van der Waals surface area contributed by atoms with Crippen molar-refractivity contribution < 1.29 is 27.5 Å². The third-order valence-corrected chi connectivity index (χ3v) is 12.0. The fourth-order valence-corrected chi connectivity index (χ4v) is 8.07. The lowest BCUT2D eigenvalue weighted by molar-refractivity contribution is -0.132. The lowest BCUT2D eigenvalue weighted by atomic mass is 9.69. The van der Waals surface area contributed by atoms with E-state index in [1.807, 2.05) is 18.2 Å². The molecule has 44 heavy (non-hydrogen) atoms. The van der Waals surface area contributed by atoms with Crippen LogP contribution in [-0.4, -0.2) is 70.8 Å². The first-order valence-electron chi connectivity index (χ1n) is 15.5. The molecular weight excluding hydrogens is 602 g/mol. The van der Waals surface area contributed by atoms with Crippen molar-refractivity contribution in [2.45, 2.75) is 63.0 Å². The third kappa shape index (κ3) is 6.72. The monoisotopic (exact) mass is 645 g/mol. The summed E-state index contributed by atoms with van der Waals surface area (Å²) in [4.78, 5) is 29.7. The summed E-state index contributed by atoms with van der Waals surface area (Å²) in [5.41, 5.74) is 3.67. The molecule has 1 heterocycles. The average Bonchev–Trinajstić information content (AvgIpc) is 3.13. The first-order valence-corrected chi connectivity index (χ1v) is 17.4. The maximum absolute atomic E-state index is 13.0. The number of amides is 1. The number of hydrogen-bond acceptors (Lipinski definition) is 7. The summed E-state index contributed by atoms with van der Waals surface area (Å²) >= 11 is 6.39. The van der Waals surface area contributed by atoms with Crippen LogP contribution in [0.3, 0.4) is 0 Å². The molecule has 1 saturated carbocycles. The average molecular weight is 646 g/mol. The number of nitrogens with zero attached hydrogens (tertiary/aromatic N) is 2. The molecule has 2 aromatic carbocycles. The van der Waals surface area contributed by atoms with E-state index in [4.69, 9.17) is 26.2 Å². The van der Waals surface area contributed by atoms with Crippen LogP contribution in [0, 0.1) is 17.8 Å². The molecule has 1 amide bonds. The molecular formula is C33H44ClN3O6S. The van der Waals surface area contributed by atoms with Crippen molar-refractivity contribution >= 4 is 39.2 Å². The van der Waals surface area contributed by atoms with Gasteiger partial charge in [-0.15, -0.1) is 0 Å². The zero-order valence-electron chi connectivity index (χ0n) is 26.1. The highest BCUT2D eigenvalue weighted by Crippen LogP contribution is 2.46. The Hall–Kier alpha value is -2.82. The number of hydrogen-bond donors (Lipinski definition) is 1. The molecule has 0 radical (unpaired) electrons. The van der Waals surface area contributed by atoms with Gasteiger partial charge in [-0.25, -0.2) is 18.4 Å². The summed E-state index contributed by atoms with van der Waals surface area (Å²) in [6.07, 6.45) is 5.18. The van der Waals surface area contributed by atoms with Crippen molar-refractivity contribution in [3.63, 3.8) is 0 Å². The zero-order valence-corrected chi connectivity index (χ0v) is 27.6. The predicted octanol–water partition coefficient (Wildman–Crippen LogP) is 4.79. The number of fused-ring (bicyclic) bond motifs is 3. The Kier molecular flexibility index (Phi) is 9.54. The second-order valence-electron chi connectivity index (χ2n) is 13.1. The molecule has 2 N–H and O–H groups in total. The largest absolute Gasteiger partial charge is 0.490 e. The molecule has 11 heteroatoms. The van der Waals surface area contributed by atoms with Crippen LogP contribution in [0.2, 0.25) is 5.02 Å². The number of rotatable bonds is 9. The first kappa shape index (κ1) is 32.6. The minimum atomic E-state index is -3.71. The second-order valence-corrected chi connectivity index (χ2v) is 15.5. The van der Waals surface area contributed by atoms with Crippen molar-refractivity contribution in [3.05, 3.63) is 58.1 Å². The Balaban J connectivity index is 1.37. The number of nitrogens with two attached hydrogens (primary N) is 1. The summed E-state index contributed by atoms with van der Waals surface area (Å²) in [5, 5.41) is 5.27. The van der Waals surface area contributed by atoms with Crippen LogP contribution in [0.25, 0.3) is 0 Å². The Bertz CT molecular complexity index is 1520. The fourth-order valence-electron chi connectivity index (χ4n) is 7.14. The number of esters is 1. The summed E-state index contributed by atoms with van der Waals surface area (Å²) in [6.45, 7) is 5.93. The number of sulfonamides is 1. The second kappa shape index (κ2) is 12.9. The topological polar surface area (TPSA) is 119 Å². The van der Waals surface area contributed by atoms with Gasteiger partial charge < -0.3 is 19.3 Å². The van der Waals surface area contributed by atoms with E-state index in [1.54, 1.807) is 31.9 Å². The number of primary sulfonamides is 1. The van der Waals surface area contributed by atoms with E-state index in [0.29, 0.717) is 30.6 Å². The number of carbonyl (C=O) groups excluding carboxylic acids is 2. The summed E-state index contributed by atoms with van der Waals surface area (Å²) in [5.74, 6) is 0.545. The van der Waals surface area contributed by atoms with E-state index >= 15 is 0 Å². The van der Waals surface area contributed by atoms with Gasteiger partial charge in [0.25, 0.3) is 0 Å². The molecule has 1 aliphatic heterocycles. The van der Waals surface area contributed by atoms with Crippen molar-refractivity contribution in [3.8, 4) is 5.75 Å². The Labute approximate surface area is 266 Å². The van der Waals surface area contributed by atoms with E-state index in [1.165, 1.54) is 18.2 Å². The molecule has 2 aliphatic carbocycles. The Morgan fingerprint density at radius 1 is 1.18 bits per heavy atom. The molecule has 0 unspecified atom stereocenters. The van der Waals surface area contributed by atoms with Crippen molar-refractivity contribution in [1.29, 1.82) is 0 Å². The summed E-state index contributed by atoms with van der Waals surface area (Å²) in [7, 11) is -0.530. The maximum atomic E-state index is 13.0. The van der Waals surface area contributed by atoms with Crippen LogP contribution < -0.4 is 14.8 Å². The van der Waals surface area contributed by atoms with Gasteiger partial charge in [0, 0.05) is 43.5 Å². The molecule has 1 fully saturated rings. The predicted molar refractivity (Wildman–Crippen MR) is 172 cm³/mol.